The molecule has 0 saturated carbocycles. The third-order valence-corrected chi connectivity index (χ3v) is 5.48. The average Bonchev–Trinajstić information content (AvgIpc) is 2.49. The third kappa shape index (κ3) is 3.48. The molecule has 5 nitrogen and oxygen atoms in total. The summed E-state index contributed by atoms with van der Waals surface area (Å²) in [7, 11) is -2.94. The lowest BCUT2D eigenvalue weighted by molar-refractivity contribution is 0.0696. The number of carbonyl (C=O) groups is 1. The first-order chi connectivity index (χ1) is 8.89. The highest BCUT2D eigenvalue weighted by Crippen LogP contribution is 2.25. The van der Waals surface area contributed by atoms with Gasteiger partial charge in [0.05, 0.1) is 17.1 Å². The maximum absolute atomic E-state index is 11.5. The van der Waals surface area contributed by atoms with E-state index >= 15 is 0 Å². The molecule has 1 heterocycles. The monoisotopic (exact) mass is 347 g/mol. The number of aromatic carboxylic acids is 1. The van der Waals surface area contributed by atoms with Crippen LogP contribution < -0.4 is 4.90 Å². The molecule has 0 radical (unpaired) electrons. The summed E-state index contributed by atoms with van der Waals surface area (Å²) in [4.78, 5) is 12.9. The second-order valence-electron chi connectivity index (χ2n) is 4.46. The third-order valence-electron chi connectivity index (χ3n) is 3.10. The fourth-order valence-electron chi connectivity index (χ4n) is 2.07. The lowest BCUT2D eigenvalue weighted by atomic mass is 10.2. The Morgan fingerprint density at radius 3 is 2.63 bits per heavy atom. The van der Waals surface area contributed by atoms with E-state index in [4.69, 9.17) is 5.11 Å². The second kappa shape index (κ2) is 5.50. The zero-order valence-corrected chi connectivity index (χ0v) is 12.6. The van der Waals surface area contributed by atoms with E-state index < -0.39 is 15.8 Å². The van der Waals surface area contributed by atoms with E-state index in [1.807, 2.05) is 4.90 Å². The lowest BCUT2D eigenvalue weighted by Gasteiger charge is -2.22. The van der Waals surface area contributed by atoms with Crippen LogP contribution in [0.2, 0.25) is 0 Å². The summed E-state index contributed by atoms with van der Waals surface area (Å²) in [6.45, 7) is 1.11. The molecule has 1 N–H and O–H groups in total. The molecule has 1 aliphatic heterocycles. The zero-order chi connectivity index (χ0) is 14.0. The van der Waals surface area contributed by atoms with Crippen molar-refractivity contribution in [2.75, 3.05) is 29.5 Å². The van der Waals surface area contributed by atoms with Gasteiger partial charge in [-0.3, -0.25) is 0 Å². The van der Waals surface area contributed by atoms with Crippen molar-refractivity contribution in [3.8, 4) is 0 Å². The quantitative estimate of drug-likeness (QED) is 0.882. The maximum atomic E-state index is 11.5. The first kappa shape index (κ1) is 14.3. The molecule has 1 aliphatic rings. The maximum Gasteiger partial charge on any atom is 0.336 e. The van der Waals surface area contributed by atoms with Gasteiger partial charge in [-0.25, -0.2) is 13.2 Å². The van der Waals surface area contributed by atoms with E-state index in [0.717, 1.165) is 5.69 Å². The van der Waals surface area contributed by atoms with Gasteiger partial charge in [0.15, 0.2) is 9.84 Å². The van der Waals surface area contributed by atoms with Crippen LogP contribution in [0.1, 0.15) is 16.8 Å². The molecule has 1 saturated heterocycles. The van der Waals surface area contributed by atoms with Gasteiger partial charge >= 0.3 is 5.97 Å². The van der Waals surface area contributed by atoms with Crippen LogP contribution in [0.15, 0.2) is 22.7 Å². The molecule has 104 valence electrons. The number of hydrogen-bond donors (Lipinski definition) is 1. The van der Waals surface area contributed by atoms with Crippen molar-refractivity contribution in [1.29, 1.82) is 0 Å². The topological polar surface area (TPSA) is 74.7 Å². The van der Waals surface area contributed by atoms with Crippen molar-refractivity contribution >= 4 is 37.4 Å². The molecule has 1 aromatic carbocycles. The van der Waals surface area contributed by atoms with Gasteiger partial charge in [-0.15, -0.1) is 0 Å². The normalized spacial score (nSPS) is 18.9. The Labute approximate surface area is 120 Å². The summed E-state index contributed by atoms with van der Waals surface area (Å²) in [6, 6.07) is 4.97. The predicted octanol–water partition coefficient (Wildman–Crippen LogP) is 1.77. The molecule has 2 rings (SSSR count). The molecule has 1 fully saturated rings. The molecule has 0 aromatic heterocycles. The van der Waals surface area contributed by atoms with Crippen LogP contribution in [0, 0.1) is 0 Å². The van der Waals surface area contributed by atoms with Gasteiger partial charge in [0.2, 0.25) is 0 Å². The van der Waals surface area contributed by atoms with Crippen molar-refractivity contribution < 1.29 is 18.3 Å². The molecule has 19 heavy (non-hydrogen) atoms. The summed E-state index contributed by atoms with van der Waals surface area (Å²) < 4.78 is 23.6. The number of halogens is 1. The van der Waals surface area contributed by atoms with Gasteiger partial charge in [-0.1, -0.05) is 0 Å². The van der Waals surface area contributed by atoms with Gasteiger partial charge in [0.1, 0.15) is 0 Å². The Bertz CT molecular complexity index is 600. The number of sulfone groups is 1. The van der Waals surface area contributed by atoms with Crippen molar-refractivity contribution in [2.24, 2.45) is 0 Å². The number of nitrogens with zero attached hydrogens (tertiary/aromatic N) is 1. The molecular weight excluding hydrogens is 334 g/mol. The number of benzene rings is 1. The van der Waals surface area contributed by atoms with Crippen LogP contribution in [0.3, 0.4) is 0 Å². The first-order valence-corrected chi connectivity index (χ1v) is 8.49. The summed E-state index contributed by atoms with van der Waals surface area (Å²) >= 11 is 3.23. The minimum Gasteiger partial charge on any atom is -0.478 e. The Kier molecular flexibility index (Phi) is 4.15. The summed E-state index contributed by atoms with van der Waals surface area (Å²) in [5.41, 5.74) is 1.04. The minimum atomic E-state index is -2.94. The fourth-order valence-corrected chi connectivity index (χ4v) is 3.88. The molecule has 1 aromatic rings. The SMILES string of the molecule is O=C(O)c1ccc(N2CCCS(=O)(=O)CC2)cc1Br. The number of hydrogen-bond acceptors (Lipinski definition) is 4. The van der Waals surface area contributed by atoms with Gasteiger partial charge in [0, 0.05) is 23.2 Å². The number of rotatable bonds is 2. The molecule has 0 atom stereocenters. The van der Waals surface area contributed by atoms with E-state index in [1.165, 1.54) is 6.07 Å². The number of carboxylic acids is 1. The Balaban J connectivity index is 2.23. The highest BCUT2D eigenvalue weighted by molar-refractivity contribution is 9.10. The van der Waals surface area contributed by atoms with Crippen molar-refractivity contribution in [3.05, 3.63) is 28.2 Å². The largest absolute Gasteiger partial charge is 0.478 e. The van der Waals surface area contributed by atoms with Crippen molar-refractivity contribution in [3.63, 3.8) is 0 Å². The molecule has 7 heteroatoms. The van der Waals surface area contributed by atoms with E-state index in [2.05, 4.69) is 15.9 Å². The van der Waals surface area contributed by atoms with Crippen LogP contribution >= 0.6 is 15.9 Å². The highest BCUT2D eigenvalue weighted by atomic mass is 79.9. The van der Waals surface area contributed by atoms with E-state index in [9.17, 15) is 13.2 Å². The van der Waals surface area contributed by atoms with Crippen LogP contribution in [0.5, 0.6) is 0 Å². The average molecular weight is 348 g/mol. The molecule has 0 amide bonds. The molecule has 0 unspecified atom stereocenters. The Hall–Kier alpha value is -1.08. The van der Waals surface area contributed by atoms with Gasteiger partial charge in [-0.2, -0.15) is 0 Å². The molecular formula is C12H14BrNO4S. The smallest absolute Gasteiger partial charge is 0.336 e. The number of carboxylic acid groups (broad SMARTS) is 1. The van der Waals surface area contributed by atoms with E-state index in [-0.39, 0.29) is 17.1 Å². The van der Waals surface area contributed by atoms with Crippen LogP contribution in [0.25, 0.3) is 0 Å². The van der Waals surface area contributed by atoms with E-state index in [1.54, 1.807) is 12.1 Å². The molecule has 0 aliphatic carbocycles. The second-order valence-corrected chi connectivity index (χ2v) is 7.62. The summed E-state index contributed by atoms with van der Waals surface area (Å²) in [5, 5.41) is 8.96. The molecule has 0 bridgehead atoms. The van der Waals surface area contributed by atoms with Gasteiger partial charge in [0.25, 0.3) is 0 Å². The Morgan fingerprint density at radius 2 is 2.00 bits per heavy atom. The lowest BCUT2D eigenvalue weighted by Crippen LogP contribution is -2.26. The number of anilines is 1. The van der Waals surface area contributed by atoms with Crippen LogP contribution in [0.4, 0.5) is 5.69 Å². The van der Waals surface area contributed by atoms with Gasteiger partial charge < -0.3 is 10.0 Å². The van der Waals surface area contributed by atoms with E-state index in [0.29, 0.717) is 24.0 Å². The fraction of sp³-hybridized carbons (Fsp3) is 0.417. The molecule has 0 spiro atoms. The van der Waals surface area contributed by atoms with Crippen molar-refractivity contribution in [1.82, 2.24) is 0 Å². The standard InChI is InChI=1S/C12H14BrNO4S/c13-11-8-9(2-3-10(11)12(15)16)14-4-1-6-19(17,18)7-5-14/h2-3,8H,1,4-7H2,(H,15,16). The Morgan fingerprint density at radius 1 is 1.26 bits per heavy atom. The van der Waals surface area contributed by atoms with Crippen LogP contribution in [-0.4, -0.2) is 44.1 Å². The van der Waals surface area contributed by atoms with Gasteiger partial charge in [-0.05, 0) is 40.5 Å². The predicted molar refractivity (Wildman–Crippen MR) is 76.6 cm³/mol. The summed E-state index contributed by atoms with van der Waals surface area (Å²) in [5.74, 6) is -0.625. The van der Waals surface area contributed by atoms with Crippen LogP contribution in [-0.2, 0) is 9.84 Å². The summed E-state index contributed by atoms with van der Waals surface area (Å²) in [6.07, 6.45) is 0.598. The van der Waals surface area contributed by atoms with Crippen molar-refractivity contribution in [2.45, 2.75) is 6.42 Å². The first-order valence-electron chi connectivity index (χ1n) is 5.87. The zero-order valence-electron chi connectivity index (χ0n) is 10.2. The highest BCUT2D eigenvalue weighted by Gasteiger charge is 2.20. The minimum absolute atomic E-state index is 0.144.